The highest BCUT2D eigenvalue weighted by Crippen LogP contribution is 2.20. The van der Waals surface area contributed by atoms with Crippen molar-refractivity contribution >= 4 is 11.6 Å². The van der Waals surface area contributed by atoms with Crippen LogP contribution in [0, 0.1) is 13.8 Å². The second kappa shape index (κ2) is 6.39. The summed E-state index contributed by atoms with van der Waals surface area (Å²) in [6.07, 6.45) is 0. The van der Waals surface area contributed by atoms with Gasteiger partial charge in [-0.25, -0.2) is 4.68 Å². The first-order chi connectivity index (χ1) is 11.1. The molecule has 23 heavy (non-hydrogen) atoms. The topological polar surface area (TPSA) is 72.7 Å². The maximum absolute atomic E-state index is 12.3. The Morgan fingerprint density at radius 1 is 1.04 bits per heavy atom. The molecule has 0 saturated heterocycles. The zero-order chi connectivity index (χ0) is 16.2. The zero-order valence-electron chi connectivity index (χ0n) is 13.0. The number of nitrogens with one attached hydrogen (secondary N) is 1. The van der Waals surface area contributed by atoms with E-state index in [0.29, 0.717) is 5.82 Å². The van der Waals surface area contributed by atoms with E-state index in [-0.39, 0.29) is 12.5 Å². The lowest BCUT2D eigenvalue weighted by molar-refractivity contribution is -0.116. The molecular formula is C17H17N5O. The molecule has 1 heterocycles. The maximum atomic E-state index is 12.3. The minimum absolute atomic E-state index is 0.0605. The van der Waals surface area contributed by atoms with Gasteiger partial charge in [-0.2, -0.15) is 0 Å². The number of aryl methyl sites for hydroxylation is 2. The van der Waals surface area contributed by atoms with E-state index in [4.69, 9.17) is 0 Å². The fourth-order valence-electron chi connectivity index (χ4n) is 2.43. The molecule has 0 spiro atoms. The van der Waals surface area contributed by atoms with Crippen LogP contribution in [0.5, 0.6) is 0 Å². The molecule has 6 nitrogen and oxygen atoms in total. The van der Waals surface area contributed by atoms with Crippen molar-refractivity contribution in [2.45, 2.75) is 20.4 Å². The summed E-state index contributed by atoms with van der Waals surface area (Å²) in [6.45, 7) is 4.00. The monoisotopic (exact) mass is 307 g/mol. The standard InChI is InChI=1S/C17H17N5O/c1-12-7-6-8-13(2)16(12)18-15(23)11-22-17(19-20-21-22)14-9-4-3-5-10-14/h3-10H,11H2,1-2H3,(H,18,23). The van der Waals surface area contributed by atoms with E-state index in [1.807, 2.05) is 62.4 Å². The van der Waals surface area contributed by atoms with Gasteiger partial charge in [-0.3, -0.25) is 4.79 Å². The molecule has 2 aromatic carbocycles. The number of para-hydroxylation sites is 1. The van der Waals surface area contributed by atoms with Gasteiger partial charge in [-0.15, -0.1) is 5.10 Å². The largest absolute Gasteiger partial charge is 0.324 e. The van der Waals surface area contributed by atoms with Gasteiger partial charge in [0.15, 0.2) is 5.82 Å². The van der Waals surface area contributed by atoms with Crippen molar-refractivity contribution in [2.75, 3.05) is 5.32 Å². The first-order valence-electron chi connectivity index (χ1n) is 7.33. The Hall–Kier alpha value is -3.02. The Kier molecular flexibility index (Phi) is 4.14. The smallest absolute Gasteiger partial charge is 0.246 e. The van der Waals surface area contributed by atoms with Crippen LogP contribution in [0.4, 0.5) is 5.69 Å². The zero-order valence-corrected chi connectivity index (χ0v) is 13.0. The molecular weight excluding hydrogens is 290 g/mol. The van der Waals surface area contributed by atoms with Crippen molar-refractivity contribution in [3.63, 3.8) is 0 Å². The summed E-state index contributed by atoms with van der Waals surface area (Å²) in [5.74, 6) is 0.411. The fourth-order valence-corrected chi connectivity index (χ4v) is 2.43. The Labute approximate surface area is 134 Å². The number of anilines is 1. The van der Waals surface area contributed by atoms with Crippen LogP contribution in [-0.2, 0) is 11.3 Å². The van der Waals surface area contributed by atoms with Gasteiger partial charge < -0.3 is 5.32 Å². The highest BCUT2D eigenvalue weighted by molar-refractivity contribution is 5.92. The molecule has 1 amide bonds. The Morgan fingerprint density at radius 2 is 1.74 bits per heavy atom. The highest BCUT2D eigenvalue weighted by atomic mass is 16.2. The normalized spacial score (nSPS) is 10.5. The van der Waals surface area contributed by atoms with E-state index in [0.717, 1.165) is 22.4 Å². The molecule has 1 aromatic heterocycles. The number of tetrazole rings is 1. The van der Waals surface area contributed by atoms with Crippen LogP contribution in [0.25, 0.3) is 11.4 Å². The van der Waals surface area contributed by atoms with Crippen LogP contribution in [0.3, 0.4) is 0 Å². The van der Waals surface area contributed by atoms with Crippen molar-refractivity contribution in [2.24, 2.45) is 0 Å². The van der Waals surface area contributed by atoms with Gasteiger partial charge in [-0.05, 0) is 35.4 Å². The van der Waals surface area contributed by atoms with E-state index in [2.05, 4.69) is 20.8 Å². The van der Waals surface area contributed by atoms with Crippen LogP contribution < -0.4 is 5.32 Å². The highest BCUT2D eigenvalue weighted by Gasteiger charge is 2.13. The average Bonchev–Trinajstić information content (AvgIpc) is 3.00. The molecule has 0 aliphatic rings. The van der Waals surface area contributed by atoms with Crippen LogP contribution in [0.1, 0.15) is 11.1 Å². The lowest BCUT2D eigenvalue weighted by Crippen LogP contribution is -2.21. The van der Waals surface area contributed by atoms with E-state index >= 15 is 0 Å². The Bertz CT molecular complexity index is 806. The molecule has 0 fully saturated rings. The minimum Gasteiger partial charge on any atom is -0.324 e. The summed E-state index contributed by atoms with van der Waals surface area (Å²) < 4.78 is 1.50. The summed E-state index contributed by atoms with van der Waals surface area (Å²) in [5, 5.41) is 14.5. The third-order valence-corrected chi connectivity index (χ3v) is 3.60. The second-order valence-electron chi connectivity index (χ2n) is 5.34. The van der Waals surface area contributed by atoms with Gasteiger partial charge in [-0.1, -0.05) is 48.5 Å². The molecule has 0 aliphatic carbocycles. The summed E-state index contributed by atoms with van der Waals surface area (Å²) in [5.41, 5.74) is 3.76. The molecule has 3 aromatic rings. The Balaban J connectivity index is 1.78. The molecule has 0 aliphatic heterocycles. The van der Waals surface area contributed by atoms with E-state index in [1.165, 1.54) is 4.68 Å². The first kappa shape index (κ1) is 14.9. The van der Waals surface area contributed by atoms with Crippen molar-refractivity contribution < 1.29 is 4.79 Å². The number of benzene rings is 2. The van der Waals surface area contributed by atoms with Crippen LogP contribution >= 0.6 is 0 Å². The quantitative estimate of drug-likeness (QED) is 0.804. The van der Waals surface area contributed by atoms with Gasteiger partial charge >= 0.3 is 0 Å². The summed E-state index contributed by atoms with van der Waals surface area (Å²) >= 11 is 0. The van der Waals surface area contributed by atoms with Gasteiger partial charge in [0, 0.05) is 11.3 Å². The summed E-state index contributed by atoms with van der Waals surface area (Å²) in [6, 6.07) is 15.5. The SMILES string of the molecule is Cc1cccc(C)c1NC(=O)Cn1nnnc1-c1ccccc1. The summed E-state index contributed by atoms with van der Waals surface area (Å²) in [7, 11) is 0. The van der Waals surface area contributed by atoms with E-state index < -0.39 is 0 Å². The number of rotatable bonds is 4. The number of carbonyl (C=O) groups excluding carboxylic acids is 1. The van der Waals surface area contributed by atoms with Crippen molar-refractivity contribution in [1.29, 1.82) is 0 Å². The molecule has 116 valence electrons. The number of carbonyl (C=O) groups is 1. The predicted molar refractivity (Wildman–Crippen MR) is 87.8 cm³/mol. The lowest BCUT2D eigenvalue weighted by Gasteiger charge is -2.11. The van der Waals surface area contributed by atoms with Crippen LogP contribution in [0.2, 0.25) is 0 Å². The van der Waals surface area contributed by atoms with Gasteiger partial charge in [0.25, 0.3) is 0 Å². The third-order valence-electron chi connectivity index (χ3n) is 3.60. The van der Waals surface area contributed by atoms with Crippen molar-refractivity contribution in [3.05, 3.63) is 59.7 Å². The second-order valence-corrected chi connectivity index (χ2v) is 5.34. The minimum atomic E-state index is -0.160. The molecule has 3 rings (SSSR count). The number of amides is 1. The van der Waals surface area contributed by atoms with Crippen LogP contribution in [0.15, 0.2) is 48.5 Å². The maximum Gasteiger partial charge on any atom is 0.246 e. The molecule has 0 saturated carbocycles. The van der Waals surface area contributed by atoms with Gasteiger partial charge in [0.05, 0.1) is 0 Å². The molecule has 0 radical (unpaired) electrons. The molecule has 0 bridgehead atoms. The van der Waals surface area contributed by atoms with Crippen molar-refractivity contribution in [3.8, 4) is 11.4 Å². The fraction of sp³-hybridized carbons (Fsp3) is 0.176. The van der Waals surface area contributed by atoms with Gasteiger partial charge in [0.1, 0.15) is 6.54 Å². The predicted octanol–water partition coefficient (Wildman–Crippen LogP) is 2.60. The molecule has 6 heteroatoms. The lowest BCUT2D eigenvalue weighted by atomic mass is 10.1. The molecule has 1 N–H and O–H groups in total. The number of nitrogens with zero attached hydrogens (tertiary/aromatic N) is 4. The number of aromatic nitrogens is 4. The number of hydrogen-bond donors (Lipinski definition) is 1. The molecule has 0 atom stereocenters. The average molecular weight is 307 g/mol. The summed E-state index contributed by atoms with van der Waals surface area (Å²) in [4.78, 5) is 12.3. The number of hydrogen-bond acceptors (Lipinski definition) is 4. The third kappa shape index (κ3) is 3.26. The van der Waals surface area contributed by atoms with E-state index in [1.54, 1.807) is 0 Å². The molecule has 0 unspecified atom stereocenters. The van der Waals surface area contributed by atoms with Gasteiger partial charge in [0.2, 0.25) is 5.91 Å². The van der Waals surface area contributed by atoms with Crippen molar-refractivity contribution in [1.82, 2.24) is 20.2 Å². The van der Waals surface area contributed by atoms with Crippen LogP contribution in [-0.4, -0.2) is 26.1 Å². The first-order valence-corrected chi connectivity index (χ1v) is 7.33. The Morgan fingerprint density at radius 3 is 2.43 bits per heavy atom. The van der Waals surface area contributed by atoms with E-state index in [9.17, 15) is 4.79 Å².